The summed E-state index contributed by atoms with van der Waals surface area (Å²) in [6, 6.07) is 3.58. The number of nitrogens with one attached hydrogen (secondary N) is 1. The highest BCUT2D eigenvalue weighted by Crippen LogP contribution is 2.17. The van der Waals surface area contributed by atoms with Crippen LogP contribution in [0.1, 0.15) is 18.1 Å². The number of carbonyl (C=O) groups is 1. The van der Waals surface area contributed by atoms with Gasteiger partial charge in [-0.05, 0) is 31.5 Å². The zero-order valence-corrected chi connectivity index (χ0v) is 12.0. The number of hydrogen-bond acceptors (Lipinski definition) is 4. The van der Waals surface area contributed by atoms with Crippen LogP contribution in [0, 0.1) is 18.8 Å². The third kappa shape index (κ3) is 4.06. The number of benzene rings is 1. The van der Waals surface area contributed by atoms with E-state index in [9.17, 15) is 13.2 Å². The minimum Gasteiger partial charge on any atom is -0.384 e. The van der Waals surface area contributed by atoms with Gasteiger partial charge < -0.3 is 10.8 Å². The second kappa shape index (κ2) is 6.52. The second-order valence-electron chi connectivity index (χ2n) is 4.20. The lowest BCUT2D eigenvalue weighted by Crippen LogP contribution is -2.42. The minimum absolute atomic E-state index is 0.0582. The Morgan fingerprint density at radius 1 is 1.50 bits per heavy atom. The smallest absolute Gasteiger partial charge is 0.242 e. The number of aliphatic hydroxyl groups is 1. The van der Waals surface area contributed by atoms with E-state index in [1.54, 1.807) is 19.1 Å². The van der Waals surface area contributed by atoms with Gasteiger partial charge in [0.25, 0.3) is 0 Å². The normalized spacial score (nSPS) is 12.3. The molecule has 0 spiro atoms. The first-order valence-electron chi connectivity index (χ1n) is 5.80. The van der Waals surface area contributed by atoms with Gasteiger partial charge in [0, 0.05) is 5.56 Å². The second-order valence-corrected chi connectivity index (χ2v) is 5.89. The van der Waals surface area contributed by atoms with Crippen LogP contribution in [0.3, 0.4) is 0 Å². The van der Waals surface area contributed by atoms with Crippen molar-refractivity contribution in [1.82, 2.24) is 4.72 Å². The van der Waals surface area contributed by atoms with E-state index in [-0.39, 0.29) is 17.1 Å². The molecular formula is C13H16N2O4S. The molecule has 0 aromatic heterocycles. The summed E-state index contributed by atoms with van der Waals surface area (Å²) in [5.41, 5.74) is 6.12. The molecule has 0 saturated carbocycles. The van der Waals surface area contributed by atoms with Crippen molar-refractivity contribution < 1.29 is 18.3 Å². The van der Waals surface area contributed by atoms with Crippen molar-refractivity contribution in [3.63, 3.8) is 0 Å². The van der Waals surface area contributed by atoms with Crippen molar-refractivity contribution in [1.29, 1.82) is 0 Å². The molecule has 1 atom stereocenters. The molecule has 0 saturated heterocycles. The van der Waals surface area contributed by atoms with Crippen molar-refractivity contribution in [2.45, 2.75) is 24.8 Å². The van der Waals surface area contributed by atoms with Crippen LogP contribution in [-0.4, -0.2) is 32.1 Å². The molecule has 1 unspecified atom stereocenters. The van der Waals surface area contributed by atoms with E-state index in [4.69, 9.17) is 10.8 Å². The van der Waals surface area contributed by atoms with E-state index in [1.165, 1.54) is 13.0 Å². The van der Waals surface area contributed by atoms with Gasteiger partial charge in [0.15, 0.2) is 0 Å². The monoisotopic (exact) mass is 296 g/mol. The average molecular weight is 296 g/mol. The molecular weight excluding hydrogens is 280 g/mol. The van der Waals surface area contributed by atoms with Crippen molar-refractivity contribution in [2.75, 3.05) is 6.61 Å². The molecule has 0 bridgehead atoms. The van der Waals surface area contributed by atoms with Crippen LogP contribution in [-0.2, 0) is 14.8 Å². The molecule has 1 rings (SSSR count). The van der Waals surface area contributed by atoms with Gasteiger partial charge in [-0.2, -0.15) is 4.72 Å². The maximum Gasteiger partial charge on any atom is 0.242 e. The lowest BCUT2D eigenvalue weighted by molar-refractivity contribution is -0.119. The molecule has 6 nitrogen and oxygen atoms in total. The fourth-order valence-electron chi connectivity index (χ4n) is 1.46. The lowest BCUT2D eigenvalue weighted by atomic mass is 10.1. The maximum absolute atomic E-state index is 12.2. The Labute approximate surface area is 118 Å². The summed E-state index contributed by atoms with van der Waals surface area (Å²) in [6.07, 6.45) is 0. The highest BCUT2D eigenvalue weighted by atomic mass is 32.2. The summed E-state index contributed by atoms with van der Waals surface area (Å²) in [7, 11) is -3.92. The number of aryl methyl sites for hydroxylation is 1. The zero-order valence-electron chi connectivity index (χ0n) is 11.2. The maximum atomic E-state index is 12.2. The molecule has 7 heteroatoms. The number of rotatable bonds is 4. The van der Waals surface area contributed by atoms with E-state index in [2.05, 4.69) is 16.6 Å². The highest BCUT2D eigenvalue weighted by molar-refractivity contribution is 7.89. The minimum atomic E-state index is -3.92. The predicted octanol–water partition coefficient (Wildman–Crippen LogP) is -0.509. The summed E-state index contributed by atoms with van der Waals surface area (Å²) >= 11 is 0. The summed E-state index contributed by atoms with van der Waals surface area (Å²) < 4.78 is 26.6. The summed E-state index contributed by atoms with van der Waals surface area (Å²) in [4.78, 5) is 10.9. The van der Waals surface area contributed by atoms with Crippen molar-refractivity contribution in [2.24, 2.45) is 5.73 Å². The van der Waals surface area contributed by atoms with Gasteiger partial charge in [-0.25, -0.2) is 8.42 Å². The van der Waals surface area contributed by atoms with Crippen LogP contribution in [0.25, 0.3) is 0 Å². The molecule has 0 aliphatic carbocycles. The van der Waals surface area contributed by atoms with Crippen LogP contribution in [0.4, 0.5) is 0 Å². The van der Waals surface area contributed by atoms with E-state index < -0.39 is 22.0 Å². The summed E-state index contributed by atoms with van der Waals surface area (Å²) in [5.74, 6) is 4.20. The molecule has 0 aliphatic heterocycles. The molecule has 0 radical (unpaired) electrons. The van der Waals surface area contributed by atoms with Crippen LogP contribution in [0.5, 0.6) is 0 Å². The van der Waals surface area contributed by atoms with Gasteiger partial charge in [-0.15, -0.1) is 0 Å². The molecule has 20 heavy (non-hydrogen) atoms. The third-order valence-electron chi connectivity index (χ3n) is 2.49. The van der Waals surface area contributed by atoms with Gasteiger partial charge in [0.05, 0.1) is 10.9 Å². The quantitative estimate of drug-likeness (QED) is 0.650. The Kier molecular flexibility index (Phi) is 5.27. The highest BCUT2D eigenvalue weighted by Gasteiger charge is 2.22. The molecule has 4 N–H and O–H groups in total. The number of carbonyl (C=O) groups excluding carboxylic acids is 1. The van der Waals surface area contributed by atoms with Crippen molar-refractivity contribution in [3.05, 3.63) is 29.3 Å². The van der Waals surface area contributed by atoms with E-state index in [1.807, 2.05) is 0 Å². The lowest BCUT2D eigenvalue weighted by Gasteiger charge is -2.12. The SMILES string of the molecule is Cc1ccc(S(=O)(=O)NC(C)C(N)=O)c(C#CCO)c1. The van der Waals surface area contributed by atoms with Gasteiger partial charge in [-0.1, -0.05) is 17.9 Å². The number of aliphatic hydroxyl groups excluding tert-OH is 1. The Bertz CT molecular complexity index is 671. The molecule has 0 aliphatic rings. The topological polar surface area (TPSA) is 109 Å². The molecule has 0 heterocycles. The number of sulfonamides is 1. The number of nitrogens with two attached hydrogens (primary N) is 1. The first kappa shape index (κ1) is 16.2. The van der Waals surface area contributed by atoms with E-state index in [0.29, 0.717) is 0 Å². The fourth-order valence-corrected chi connectivity index (χ4v) is 2.82. The first-order valence-corrected chi connectivity index (χ1v) is 7.28. The Morgan fingerprint density at radius 2 is 2.15 bits per heavy atom. The molecule has 1 aromatic carbocycles. The first-order chi connectivity index (χ1) is 9.27. The number of primary amides is 1. The van der Waals surface area contributed by atoms with Crippen LogP contribution < -0.4 is 10.5 Å². The summed E-state index contributed by atoms with van der Waals surface area (Å²) in [6.45, 7) is 2.77. The number of hydrogen-bond donors (Lipinski definition) is 3. The molecule has 1 aromatic rings. The van der Waals surface area contributed by atoms with Crippen molar-refractivity contribution in [3.8, 4) is 11.8 Å². The van der Waals surface area contributed by atoms with Crippen molar-refractivity contribution >= 4 is 15.9 Å². The predicted molar refractivity (Wildman–Crippen MR) is 74.1 cm³/mol. The van der Waals surface area contributed by atoms with Crippen LogP contribution in [0.2, 0.25) is 0 Å². The Balaban J connectivity index is 3.27. The molecule has 1 amide bonds. The Morgan fingerprint density at radius 3 is 2.70 bits per heavy atom. The molecule has 108 valence electrons. The van der Waals surface area contributed by atoms with Gasteiger partial charge in [-0.3, -0.25) is 4.79 Å². The number of amides is 1. The van der Waals surface area contributed by atoms with E-state index >= 15 is 0 Å². The van der Waals surface area contributed by atoms with Crippen LogP contribution in [0.15, 0.2) is 23.1 Å². The fraction of sp³-hybridized carbons (Fsp3) is 0.308. The third-order valence-corrected chi connectivity index (χ3v) is 4.08. The average Bonchev–Trinajstić information content (AvgIpc) is 2.35. The van der Waals surface area contributed by atoms with Gasteiger partial charge in [0.1, 0.15) is 6.61 Å². The standard InChI is InChI=1S/C13H16N2O4S/c1-9-5-6-12(11(8-9)4-3-7-16)20(18,19)15-10(2)13(14)17/h5-6,8,10,15-16H,7H2,1-2H3,(H2,14,17). The van der Waals surface area contributed by atoms with Gasteiger partial charge >= 0.3 is 0 Å². The summed E-state index contributed by atoms with van der Waals surface area (Å²) in [5, 5.41) is 8.71. The van der Waals surface area contributed by atoms with E-state index in [0.717, 1.165) is 5.56 Å². The van der Waals surface area contributed by atoms with Crippen LogP contribution >= 0.6 is 0 Å². The molecule has 0 fully saturated rings. The zero-order chi connectivity index (χ0) is 15.3. The largest absolute Gasteiger partial charge is 0.384 e. The van der Waals surface area contributed by atoms with Gasteiger partial charge in [0.2, 0.25) is 15.9 Å². The Hall–Kier alpha value is -1.88.